The Hall–Kier alpha value is -2.82. The van der Waals surface area contributed by atoms with Crippen molar-refractivity contribution < 1.29 is 14.3 Å². The molecule has 2 aliphatic heterocycles. The fourth-order valence-electron chi connectivity index (χ4n) is 3.56. The van der Waals surface area contributed by atoms with Crippen LogP contribution in [-0.4, -0.2) is 25.0 Å². The maximum Gasteiger partial charge on any atom is 0.251 e. The normalized spacial score (nSPS) is 17.0. The number of rotatable bonds is 4. The molecule has 5 nitrogen and oxygen atoms in total. The topological polar surface area (TPSA) is 58.6 Å². The van der Waals surface area contributed by atoms with Crippen molar-refractivity contribution >= 4 is 17.5 Å². The standard InChI is InChI=1S/C21H22N2O3/c1-14(15-4-7-18(8-5-15)23-11-2-3-20(23)24)22-21(25)17-6-9-19-16(13-17)10-12-26-19/h4-9,13-14H,2-3,10-12H2,1H3,(H,22,25). The van der Waals surface area contributed by atoms with Gasteiger partial charge in [0.15, 0.2) is 0 Å². The molecule has 1 fully saturated rings. The molecule has 0 saturated carbocycles. The molecule has 1 atom stereocenters. The van der Waals surface area contributed by atoms with Gasteiger partial charge in [0.05, 0.1) is 12.6 Å². The van der Waals surface area contributed by atoms with Crippen LogP contribution in [0.2, 0.25) is 0 Å². The highest BCUT2D eigenvalue weighted by Gasteiger charge is 2.22. The summed E-state index contributed by atoms with van der Waals surface area (Å²) in [5, 5.41) is 3.04. The number of amides is 2. The molecule has 26 heavy (non-hydrogen) atoms. The SMILES string of the molecule is CC(NC(=O)c1ccc2c(c1)CCO2)c1ccc(N2CCCC2=O)cc1. The van der Waals surface area contributed by atoms with Crippen molar-refractivity contribution in [3.63, 3.8) is 0 Å². The largest absolute Gasteiger partial charge is 0.493 e. The summed E-state index contributed by atoms with van der Waals surface area (Å²) in [5.41, 5.74) is 3.68. The zero-order valence-electron chi connectivity index (χ0n) is 14.8. The number of hydrogen-bond donors (Lipinski definition) is 1. The van der Waals surface area contributed by atoms with Gasteiger partial charge in [0.25, 0.3) is 5.91 Å². The first-order valence-electron chi connectivity index (χ1n) is 9.09. The van der Waals surface area contributed by atoms with Gasteiger partial charge < -0.3 is 15.0 Å². The molecule has 5 heteroatoms. The molecule has 2 aromatic rings. The number of ether oxygens (including phenoxy) is 1. The Morgan fingerprint density at radius 2 is 1.96 bits per heavy atom. The van der Waals surface area contributed by atoms with E-state index in [9.17, 15) is 9.59 Å². The molecule has 0 spiro atoms. The number of anilines is 1. The van der Waals surface area contributed by atoms with Gasteiger partial charge in [-0.2, -0.15) is 0 Å². The van der Waals surface area contributed by atoms with Gasteiger partial charge in [-0.1, -0.05) is 12.1 Å². The van der Waals surface area contributed by atoms with E-state index >= 15 is 0 Å². The Kier molecular flexibility index (Phi) is 4.37. The Morgan fingerprint density at radius 1 is 1.15 bits per heavy atom. The van der Waals surface area contributed by atoms with Crippen molar-refractivity contribution in [3.05, 3.63) is 59.2 Å². The van der Waals surface area contributed by atoms with Crippen LogP contribution in [0.4, 0.5) is 5.69 Å². The van der Waals surface area contributed by atoms with Crippen LogP contribution in [-0.2, 0) is 11.2 Å². The predicted octanol–water partition coefficient (Wildman–Crippen LogP) is 3.24. The second-order valence-corrected chi connectivity index (χ2v) is 6.86. The Labute approximate surface area is 153 Å². The molecule has 2 heterocycles. The van der Waals surface area contributed by atoms with Gasteiger partial charge in [-0.25, -0.2) is 0 Å². The smallest absolute Gasteiger partial charge is 0.251 e. The van der Waals surface area contributed by atoms with Crippen LogP contribution in [0.15, 0.2) is 42.5 Å². The van der Waals surface area contributed by atoms with Crippen molar-refractivity contribution in [2.45, 2.75) is 32.2 Å². The molecular weight excluding hydrogens is 328 g/mol. The molecule has 0 radical (unpaired) electrons. The number of benzene rings is 2. The zero-order valence-corrected chi connectivity index (χ0v) is 14.8. The average Bonchev–Trinajstić information content (AvgIpc) is 3.29. The third-order valence-electron chi connectivity index (χ3n) is 5.08. The molecule has 0 bridgehead atoms. The highest BCUT2D eigenvalue weighted by molar-refractivity contribution is 5.96. The van der Waals surface area contributed by atoms with Crippen LogP contribution in [0.3, 0.4) is 0 Å². The zero-order chi connectivity index (χ0) is 18.1. The van der Waals surface area contributed by atoms with E-state index < -0.39 is 0 Å². The lowest BCUT2D eigenvalue weighted by Gasteiger charge is -2.18. The van der Waals surface area contributed by atoms with E-state index in [2.05, 4.69) is 5.32 Å². The minimum absolute atomic E-state index is 0.0917. The molecule has 1 N–H and O–H groups in total. The maximum absolute atomic E-state index is 12.5. The number of carbonyl (C=O) groups excluding carboxylic acids is 2. The van der Waals surface area contributed by atoms with Crippen LogP contribution in [0, 0.1) is 0 Å². The molecule has 1 unspecified atom stereocenters. The third-order valence-corrected chi connectivity index (χ3v) is 5.08. The van der Waals surface area contributed by atoms with Crippen molar-refractivity contribution in [1.29, 1.82) is 0 Å². The van der Waals surface area contributed by atoms with Crippen LogP contribution in [0.25, 0.3) is 0 Å². The lowest BCUT2D eigenvalue weighted by molar-refractivity contribution is -0.117. The highest BCUT2D eigenvalue weighted by atomic mass is 16.5. The summed E-state index contributed by atoms with van der Waals surface area (Å²) in [6.45, 7) is 3.43. The fourth-order valence-corrected chi connectivity index (χ4v) is 3.56. The minimum Gasteiger partial charge on any atom is -0.493 e. The van der Waals surface area contributed by atoms with E-state index in [0.29, 0.717) is 18.6 Å². The number of hydrogen-bond acceptors (Lipinski definition) is 3. The van der Waals surface area contributed by atoms with Crippen molar-refractivity contribution in [1.82, 2.24) is 5.32 Å². The van der Waals surface area contributed by atoms with Gasteiger partial charge in [0.1, 0.15) is 5.75 Å². The van der Waals surface area contributed by atoms with Crippen LogP contribution in [0.5, 0.6) is 5.75 Å². The Balaban J connectivity index is 1.43. The quantitative estimate of drug-likeness (QED) is 0.921. The summed E-state index contributed by atoms with van der Waals surface area (Å²) in [7, 11) is 0. The van der Waals surface area contributed by atoms with E-state index in [1.165, 1.54) is 0 Å². The summed E-state index contributed by atoms with van der Waals surface area (Å²) in [6, 6.07) is 13.3. The number of nitrogens with zero attached hydrogens (tertiary/aromatic N) is 1. The van der Waals surface area contributed by atoms with Gasteiger partial charge >= 0.3 is 0 Å². The van der Waals surface area contributed by atoms with Gasteiger partial charge in [-0.3, -0.25) is 9.59 Å². The second kappa shape index (κ2) is 6.83. The lowest BCUT2D eigenvalue weighted by atomic mass is 10.1. The average molecular weight is 350 g/mol. The summed E-state index contributed by atoms with van der Waals surface area (Å²) in [5.74, 6) is 0.965. The molecule has 1 saturated heterocycles. The van der Waals surface area contributed by atoms with Crippen molar-refractivity contribution in [2.24, 2.45) is 0 Å². The third kappa shape index (κ3) is 3.17. The summed E-state index contributed by atoms with van der Waals surface area (Å²) in [6.07, 6.45) is 2.39. The maximum atomic E-state index is 12.5. The molecule has 0 aliphatic carbocycles. The van der Waals surface area contributed by atoms with E-state index in [0.717, 1.165) is 42.0 Å². The first kappa shape index (κ1) is 16.6. The number of carbonyl (C=O) groups is 2. The number of fused-ring (bicyclic) bond motifs is 1. The van der Waals surface area contributed by atoms with Gasteiger partial charge in [-0.15, -0.1) is 0 Å². The fraction of sp³-hybridized carbons (Fsp3) is 0.333. The van der Waals surface area contributed by atoms with Crippen molar-refractivity contribution in [2.75, 3.05) is 18.1 Å². The Morgan fingerprint density at radius 3 is 2.69 bits per heavy atom. The van der Waals surface area contributed by atoms with Gasteiger partial charge in [0, 0.05) is 30.6 Å². The molecular formula is C21H22N2O3. The molecule has 134 valence electrons. The van der Waals surface area contributed by atoms with Gasteiger partial charge in [0.2, 0.25) is 5.91 Å². The molecule has 4 rings (SSSR count). The Bertz CT molecular complexity index is 845. The molecule has 0 aromatic heterocycles. The second-order valence-electron chi connectivity index (χ2n) is 6.86. The first-order chi connectivity index (χ1) is 12.6. The van der Waals surface area contributed by atoms with E-state index in [1.807, 2.05) is 48.2 Å². The molecule has 2 amide bonds. The summed E-state index contributed by atoms with van der Waals surface area (Å²) in [4.78, 5) is 26.2. The monoisotopic (exact) mass is 350 g/mol. The van der Waals surface area contributed by atoms with Crippen LogP contribution < -0.4 is 15.0 Å². The highest BCUT2D eigenvalue weighted by Crippen LogP contribution is 2.27. The summed E-state index contributed by atoms with van der Waals surface area (Å²) < 4.78 is 5.48. The molecule has 2 aliphatic rings. The van der Waals surface area contributed by atoms with E-state index in [4.69, 9.17) is 4.74 Å². The van der Waals surface area contributed by atoms with Crippen LogP contribution in [0.1, 0.15) is 47.3 Å². The summed E-state index contributed by atoms with van der Waals surface area (Å²) >= 11 is 0. The van der Waals surface area contributed by atoms with Crippen molar-refractivity contribution in [3.8, 4) is 5.75 Å². The predicted molar refractivity (Wildman–Crippen MR) is 99.6 cm³/mol. The van der Waals surface area contributed by atoms with E-state index in [1.54, 1.807) is 6.07 Å². The molecule has 2 aromatic carbocycles. The van der Waals surface area contributed by atoms with Crippen LogP contribution >= 0.6 is 0 Å². The minimum atomic E-state index is -0.115. The number of nitrogens with one attached hydrogen (secondary N) is 1. The lowest BCUT2D eigenvalue weighted by Crippen LogP contribution is -2.27. The van der Waals surface area contributed by atoms with Gasteiger partial charge in [-0.05, 0) is 54.8 Å². The first-order valence-corrected chi connectivity index (χ1v) is 9.09. The van der Waals surface area contributed by atoms with E-state index in [-0.39, 0.29) is 17.9 Å².